The fraction of sp³-hybridized carbons (Fsp3) is 0.533. The number of likely N-dealkylation sites (N-methyl/N-ethyl adjacent to an activating group) is 1. The number of carbonyl (C=O) groups is 1. The average molecular weight is 565 g/mol. The summed E-state index contributed by atoms with van der Waals surface area (Å²) in [5.41, 5.74) is 5.19. The molecule has 0 aromatic heterocycles. The molecule has 0 spiro atoms. The van der Waals surface area contributed by atoms with E-state index >= 15 is 0 Å². The fourth-order valence-electron chi connectivity index (χ4n) is 7.52. The van der Waals surface area contributed by atoms with Gasteiger partial charge in [0.1, 0.15) is 11.8 Å². The number of aryl methyl sites for hydroxylation is 1. The van der Waals surface area contributed by atoms with Crippen LogP contribution in [0, 0.1) is 25.2 Å². The lowest BCUT2D eigenvalue weighted by Gasteiger charge is -2.60. The summed E-state index contributed by atoms with van der Waals surface area (Å²) in [5, 5.41) is 25.2. The maximum atomic E-state index is 12.2. The summed E-state index contributed by atoms with van der Waals surface area (Å²) in [6.07, 6.45) is 1.09. The van der Waals surface area contributed by atoms with E-state index in [2.05, 4.69) is 34.3 Å². The first kappa shape index (κ1) is 27.4. The molecule has 41 heavy (non-hydrogen) atoms. The summed E-state index contributed by atoms with van der Waals surface area (Å²) in [6, 6.07) is 3.25. The smallest absolute Gasteiger partial charge is 0.231 e. The van der Waals surface area contributed by atoms with Crippen LogP contribution in [0.15, 0.2) is 6.07 Å². The first-order valence-electron chi connectivity index (χ1n) is 13.8. The SMILES string of the molecule is COCOc1c(OC)c(C)cc2c1[C@@H]1C3Cc4c(O)c(C)c5c(c4[C@H](CNC(C)=O)N3[C@@H](C#N)[C@H](C2)N1C)OCO5. The second-order valence-electron chi connectivity index (χ2n) is 11.2. The predicted octanol–water partition coefficient (Wildman–Crippen LogP) is 2.64. The van der Waals surface area contributed by atoms with Gasteiger partial charge in [-0.05, 0) is 44.9 Å². The summed E-state index contributed by atoms with van der Waals surface area (Å²) in [4.78, 5) is 16.7. The Morgan fingerprint density at radius 1 is 1.17 bits per heavy atom. The van der Waals surface area contributed by atoms with Gasteiger partial charge in [-0.25, -0.2) is 0 Å². The molecule has 2 N–H and O–H groups in total. The number of ether oxygens (including phenoxy) is 5. The number of rotatable bonds is 6. The number of nitrogens with zero attached hydrogens (tertiary/aromatic N) is 3. The van der Waals surface area contributed by atoms with Crippen LogP contribution in [0.25, 0.3) is 0 Å². The number of hydrogen-bond acceptors (Lipinski definition) is 10. The molecule has 2 bridgehead atoms. The minimum atomic E-state index is -0.492. The lowest BCUT2D eigenvalue weighted by Crippen LogP contribution is -2.68. The minimum Gasteiger partial charge on any atom is -0.507 e. The minimum absolute atomic E-state index is 0.0464. The normalized spacial score (nSPS) is 25.9. The quantitative estimate of drug-likeness (QED) is 0.506. The van der Waals surface area contributed by atoms with Gasteiger partial charge >= 0.3 is 0 Å². The lowest BCUT2D eigenvalue weighted by molar-refractivity contribution is -0.120. The molecule has 218 valence electrons. The Morgan fingerprint density at radius 3 is 2.61 bits per heavy atom. The number of benzene rings is 2. The second kappa shape index (κ2) is 10.3. The molecule has 11 heteroatoms. The van der Waals surface area contributed by atoms with E-state index in [0.29, 0.717) is 41.4 Å². The Morgan fingerprint density at radius 2 is 1.93 bits per heavy atom. The van der Waals surface area contributed by atoms with Crippen LogP contribution >= 0.6 is 0 Å². The van der Waals surface area contributed by atoms with Crippen LogP contribution in [0.5, 0.6) is 28.7 Å². The number of phenols is 1. The number of aromatic hydroxyl groups is 1. The highest BCUT2D eigenvalue weighted by Gasteiger charge is 2.56. The van der Waals surface area contributed by atoms with Crippen LogP contribution in [-0.4, -0.2) is 80.3 Å². The number of amides is 1. The number of nitrogens with one attached hydrogen (secondary N) is 1. The predicted molar refractivity (Wildman–Crippen MR) is 147 cm³/mol. The van der Waals surface area contributed by atoms with Crippen molar-refractivity contribution in [3.63, 3.8) is 0 Å². The molecule has 4 heterocycles. The van der Waals surface area contributed by atoms with Crippen LogP contribution in [0.1, 0.15) is 52.4 Å². The number of piperazine rings is 1. The molecule has 6 rings (SSSR count). The third-order valence-electron chi connectivity index (χ3n) is 9.14. The second-order valence-corrected chi connectivity index (χ2v) is 11.2. The zero-order chi connectivity index (χ0) is 29.2. The van der Waals surface area contributed by atoms with Crippen LogP contribution in [0.2, 0.25) is 0 Å². The topological polar surface area (TPSA) is 126 Å². The van der Waals surface area contributed by atoms with Crippen molar-refractivity contribution < 1.29 is 33.6 Å². The van der Waals surface area contributed by atoms with Crippen molar-refractivity contribution in [1.82, 2.24) is 15.1 Å². The van der Waals surface area contributed by atoms with E-state index in [1.807, 2.05) is 13.8 Å². The highest BCUT2D eigenvalue weighted by molar-refractivity contribution is 5.73. The van der Waals surface area contributed by atoms with Gasteiger partial charge < -0.3 is 34.1 Å². The Bertz CT molecular complexity index is 1450. The van der Waals surface area contributed by atoms with Gasteiger partial charge in [-0.1, -0.05) is 6.07 Å². The zero-order valence-electron chi connectivity index (χ0n) is 24.2. The van der Waals surface area contributed by atoms with E-state index < -0.39 is 12.1 Å². The van der Waals surface area contributed by atoms with E-state index in [4.69, 9.17) is 23.7 Å². The van der Waals surface area contributed by atoms with Crippen molar-refractivity contribution in [2.75, 3.05) is 41.4 Å². The Kier molecular flexibility index (Phi) is 6.88. The van der Waals surface area contributed by atoms with Crippen molar-refractivity contribution in [3.8, 4) is 34.8 Å². The molecule has 1 fully saturated rings. The number of carbonyl (C=O) groups excluding carboxylic acids is 1. The van der Waals surface area contributed by atoms with E-state index in [1.165, 1.54) is 6.92 Å². The number of nitriles is 1. The molecular formula is C30H36N4O7. The van der Waals surface area contributed by atoms with Gasteiger partial charge in [0, 0.05) is 54.9 Å². The largest absolute Gasteiger partial charge is 0.507 e. The average Bonchev–Trinajstić information content (AvgIpc) is 3.43. The van der Waals surface area contributed by atoms with E-state index in [9.17, 15) is 15.2 Å². The Balaban J connectivity index is 1.60. The number of phenolic OH excluding ortho intramolecular Hbond substituents is 1. The molecule has 4 aliphatic heterocycles. The van der Waals surface area contributed by atoms with Gasteiger partial charge in [-0.3, -0.25) is 14.6 Å². The fourth-order valence-corrected chi connectivity index (χ4v) is 7.52. The highest BCUT2D eigenvalue weighted by atomic mass is 16.7. The Labute approximate surface area is 239 Å². The molecule has 0 saturated carbocycles. The van der Waals surface area contributed by atoms with Gasteiger partial charge in [0.25, 0.3) is 0 Å². The van der Waals surface area contributed by atoms with Crippen molar-refractivity contribution >= 4 is 5.91 Å². The van der Waals surface area contributed by atoms with E-state index in [-0.39, 0.29) is 49.9 Å². The molecule has 1 amide bonds. The first-order valence-corrected chi connectivity index (χ1v) is 13.8. The molecule has 1 saturated heterocycles. The third-order valence-corrected chi connectivity index (χ3v) is 9.14. The van der Waals surface area contributed by atoms with Crippen molar-refractivity contribution in [2.24, 2.45) is 0 Å². The molecular weight excluding hydrogens is 528 g/mol. The van der Waals surface area contributed by atoms with Crippen LogP contribution in [0.3, 0.4) is 0 Å². The highest BCUT2D eigenvalue weighted by Crippen LogP contribution is 2.58. The summed E-state index contributed by atoms with van der Waals surface area (Å²) < 4.78 is 29.1. The number of fused-ring (bicyclic) bond motifs is 9. The van der Waals surface area contributed by atoms with Gasteiger partial charge in [0.05, 0.1) is 25.3 Å². The maximum Gasteiger partial charge on any atom is 0.231 e. The van der Waals surface area contributed by atoms with Gasteiger partial charge in [-0.2, -0.15) is 5.26 Å². The van der Waals surface area contributed by atoms with Gasteiger partial charge in [0.15, 0.2) is 29.8 Å². The third kappa shape index (κ3) is 4.00. The first-order chi connectivity index (χ1) is 19.7. The zero-order valence-corrected chi connectivity index (χ0v) is 24.2. The molecule has 4 aliphatic rings. The molecule has 0 aliphatic carbocycles. The molecule has 1 unspecified atom stereocenters. The van der Waals surface area contributed by atoms with Crippen LogP contribution in [-0.2, 0) is 22.4 Å². The van der Waals surface area contributed by atoms with Crippen LogP contribution < -0.4 is 24.3 Å². The van der Waals surface area contributed by atoms with Crippen LogP contribution in [0.4, 0.5) is 0 Å². The summed E-state index contributed by atoms with van der Waals surface area (Å²) in [5.74, 6) is 2.34. The number of hydrogen-bond donors (Lipinski definition) is 2. The molecule has 11 nitrogen and oxygen atoms in total. The molecule has 2 aromatic rings. The van der Waals surface area contributed by atoms with Gasteiger partial charge in [-0.15, -0.1) is 0 Å². The van der Waals surface area contributed by atoms with Crippen molar-refractivity contribution in [3.05, 3.63) is 39.4 Å². The van der Waals surface area contributed by atoms with Gasteiger partial charge in [0.2, 0.25) is 12.7 Å². The van der Waals surface area contributed by atoms with Crippen molar-refractivity contribution in [2.45, 2.75) is 63.8 Å². The lowest BCUT2D eigenvalue weighted by atomic mass is 9.71. The molecule has 2 aromatic carbocycles. The molecule has 0 radical (unpaired) electrons. The standard InChI is InChI=1S/C30H36N4O7/c1-14-7-17-8-19-21(10-31)34-20(25(33(19)4)23(17)29(27(14)38-6)39-12-37-5)9-18-24(22(34)11-32-16(3)35)30-28(40-13-41-30)15(2)26(18)36/h7,19-22,25,36H,8-9,11-13H2,1-6H3,(H,32,35)/t19-,20?,21-,22-,25-/m0/s1. The summed E-state index contributed by atoms with van der Waals surface area (Å²) in [7, 11) is 5.26. The summed E-state index contributed by atoms with van der Waals surface area (Å²) in [6.45, 7) is 5.63. The Hall–Kier alpha value is -3.72. The van der Waals surface area contributed by atoms with E-state index in [0.717, 1.165) is 27.8 Å². The number of methoxy groups -OCH3 is 2. The summed E-state index contributed by atoms with van der Waals surface area (Å²) >= 11 is 0. The molecule has 5 atom stereocenters. The van der Waals surface area contributed by atoms with Crippen molar-refractivity contribution in [1.29, 1.82) is 5.26 Å². The monoisotopic (exact) mass is 564 g/mol. The van der Waals surface area contributed by atoms with E-state index in [1.54, 1.807) is 14.2 Å². The maximum absolute atomic E-state index is 12.2.